The lowest BCUT2D eigenvalue weighted by atomic mass is 9.63. The van der Waals surface area contributed by atoms with Gasteiger partial charge in [-0.2, -0.15) is 0 Å². The van der Waals surface area contributed by atoms with E-state index >= 15 is 0 Å². The molecule has 0 saturated heterocycles. The van der Waals surface area contributed by atoms with Crippen LogP contribution in [0.3, 0.4) is 0 Å². The molecule has 1 aromatic rings. The Kier molecular flexibility index (Phi) is 10.7. The van der Waals surface area contributed by atoms with Gasteiger partial charge in [0.15, 0.2) is 23.3 Å². The Morgan fingerprint density at radius 2 is 1.67 bits per heavy atom. The second-order valence-electron chi connectivity index (χ2n) is 9.35. The van der Waals surface area contributed by atoms with Gasteiger partial charge in [0.1, 0.15) is 0 Å². The lowest BCUT2D eigenvalue weighted by Crippen LogP contribution is -2.66. The first-order valence-corrected chi connectivity index (χ1v) is 12.8. The molecule has 0 aromatic heterocycles. The van der Waals surface area contributed by atoms with Gasteiger partial charge >= 0.3 is 0 Å². The molecule has 9 heteroatoms. The minimum Gasteiger partial charge on any atom is -0.370 e. The average Bonchev–Trinajstić information content (AvgIpc) is 2.84. The number of anilines is 2. The van der Waals surface area contributed by atoms with Crippen LogP contribution in [0.25, 0.3) is 0 Å². The first kappa shape index (κ1) is 30.0. The molecule has 2 rings (SSSR count). The van der Waals surface area contributed by atoms with Gasteiger partial charge in [-0.1, -0.05) is 19.9 Å². The smallest absolute Gasteiger partial charge is 0.227 e. The second kappa shape index (κ2) is 12.9. The number of hydrogen-bond acceptors (Lipinski definition) is 6. The number of benzene rings is 1. The summed E-state index contributed by atoms with van der Waals surface area (Å²) in [4.78, 5) is 43.5. The Morgan fingerprint density at radius 3 is 2.14 bits per heavy atom. The Bertz CT molecular complexity index is 986. The van der Waals surface area contributed by atoms with Crippen LogP contribution >= 0.6 is 23.2 Å². The van der Waals surface area contributed by atoms with Crippen molar-refractivity contribution in [1.29, 1.82) is 0 Å². The summed E-state index contributed by atoms with van der Waals surface area (Å²) in [5.74, 6) is -0.0477. The van der Waals surface area contributed by atoms with Crippen LogP contribution in [-0.2, 0) is 23.9 Å². The number of hydrogen-bond donors (Lipinski definition) is 0. The molecule has 36 heavy (non-hydrogen) atoms. The summed E-state index contributed by atoms with van der Waals surface area (Å²) in [7, 11) is 2.73. The van der Waals surface area contributed by atoms with E-state index in [1.807, 2.05) is 24.3 Å². The number of nitrogens with zero attached hydrogens (tertiary/aromatic N) is 2. The molecule has 0 saturated carbocycles. The third-order valence-corrected chi connectivity index (χ3v) is 7.05. The van der Waals surface area contributed by atoms with E-state index in [0.717, 1.165) is 5.69 Å². The van der Waals surface area contributed by atoms with Crippen molar-refractivity contribution in [1.82, 2.24) is 0 Å². The number of rotatable bonds is 13. The van der Waals surface area contributed by atoms with Gasteiger partial charge in [-0.15, -0.1) is 29.8 Å². The molecule has 0 aliphatic heterocycles. The third-order valence-electron chi connectivity index (χ3n) is 6.71. The number of ether oxygens (including phenoxy) is 2. The molecule has 0 spiro atoms. The topological polar surface area (TPSA) is 76.1 Å². The average molecular weight is 540 g/mol. The monoisotopic (exact) mass is 538 g/mol. The van der Waals surface area contributed by atoms with Gasteiger partial charge in [0.25, 0.3) is 0 Å². The standard InChI is InChI=1S/C27H36Cl2N2O5/c1-7-14-31(21-10-8-20(9-11-21)30(15-12-28)16-13-29)23(33)18-26(3,4)27(36-6)22(32)17-19(2)24(34)25(27)35-5/h7-11,17,25H,1,12-16,18H2,2-6H3. The maximum Gasteiger partial charge on any atom is 0.227 e. The molecule has 0 N–H and O–H groups in total. The van der Waals surface area contributed by atoms with E-state index in [0.29, 0.717) is 36.1 Å². The van der Waals surface area contributed by atoms with E-state index in [-0.39, 0.29) is 24.7 Å². The zero-order valence-corrected chi connectivity index (χ0v) is 23.2. The highest BCUT2D eigenvalue weighted by atomic mass is 35.5. The van der Waals surface area contributed by atoms with Crippen molar-refractivity contribution in [3.63, 3.8) is 0 Å². The summed E-state index contributed by atoms with van der Waals surface area (Å²) in [6.45, 7) is 10.4. The molecule has 1 aliphatic carbocycles. The van der Waals surface area contributed by atoms with Crippen LogP contribution in [-0.4, -0.2) is 74.8 Å². The molecular weight excluding hydrogens is 503 g/mol. The van der Waals surface area contributed by atoms with Gasteiger partial charge in [0.2, 0.25) is 5.91 Å². The Balaban J connectivity index is 2.39. The van der Waals surface area contributed by atoms with Crippen LogP contribution < -0.4 is 9.80 Å². The molecule has 2 atom stereocenters. The van der Waals surface area contributed by atoms with Gasteiger partial charge in [-0.25, -0.2) is 0 Å². The maximum absolute atomic E-state index is 13.6. The molecule has 7 nitrogen and oxygen atoms in total. The Hall–Kier alpha value is -2.19. The van der Waals surface area contributed by atoms with Gasteiger partial charge < -0.3 is 19.3 Å². The molecule has 0 fully saturated rings. The number of carbonyl (C=O) groups is 3. The zero-order valence-electron chi connectivity index (χ0n) is 21.7. The summed E-state index contributed by atoms with van der Waals surface area (Å²) in [6, 6.07) is 7.53. The summed E-state index contributed by atoms with van der Waals surface area (Å²) < 4.78 is 11.2. The SMILES string of the molecule is C=CCN(C(=O)CC(C)(C)C1(OC)C(=O)C=C(C)C(=O)C1OC)c1ccc(N(CCCl)CCCl)cc1. The number of Topliss-reactive ketones (excluding diaryl/α,β-unsaturated/α-hetero) is 1. The molecule has 1 aliphatic rings. The van der Waals surface area contributed by atoms with Crippen molar-refractivity contribution in [2.24, 2.45) is 5.41 Å². The highest BCUT2D eigenvalue weighted by Crippen LogP contribution is 2.45. The molecule has 198 valence electrons. The van der Waals surface area contributed by atoms with Gasteiger partial charge in [-0.05, 0) is 42.8 Å². The fourth-order valence-electron chi connectivity index (χ4n) is 4.84. The van der Waals surface area contributed by atoms with Crippen LogP contribution in [0, 0.1) is 5.41 Å². The number of amides is 1. The number of ketones is 2. The highest BCUT2D eigenvalue weighted by Gasteiger charge is 2.61. The van der Waals surface area contributed by atoms with E-state index in [2.05, 4.69) is 11.5 Å². The molecular formula is C27H36Cl2N2O5. The second-order valence-corrected chi connectivity index (χ2v) is 10.1. The third kappa shape index (κ3) is 5.86. The normalized spacial score (nSPS) is 20.2. The van der Waals surface area contributed by atoms with Crippen LogP contribution in [0.2, 0.25) is 0 Å². The first-order valence-electron chi connectivity index (χ1n) is 11.8. The Morgan fingerprint density at radius 1 is 1.11 bits per heavy atom. The molecule has 0 heterocycles. The van der Waals surface area contributed by atoms with Crippen molar-refractivity contribution in [3.8, 4) is 0 Å². The van der Waals surface area contributed by atoms with Crippen LogP contribution in [0.4, 0.5) is 11.4 Å². The van der Waals surface area contributed by atoms with Gasteiger partial charge in [0, 0.05) is 68.8 Å². The predicted octanol–water partition coefficient (Wildman–Crippen LogP) is 4.40. The summed E-state index contributed by atoms with van der Waals surface area (Å²) in [6.07, 6.45) is 1.68. The number of alkyl halides is 2. The maximum atomic E-state index is 13.6. The van der Waals surface area contributed by atoms with Gasteiger partial charge in [0.05, 0.1) is 0 Å². The van der Waals surface area contributed by atoms with Crippen molar-refractivity contribution in [2.75, 3.05) is 55.4 Å². The van der Waals surface area contributed by atoms with Crippen molar-refractivity contribution in [3.05, 3.63) is 48.6 Å². The van der Waals surface area contributed by atoms with Crippen LogP contribution in [0.15, 0.2) is 48.6 Å². The number of halogens is 2. The van der Waals surface area contributed by atoms with Crippen LogP contribution in [0.1, 0.15) is 27.2 Å². The van der Waals surface area contributed by atoms with Crippen molar-refractivity contribution < 1.29 is 23.9 Å². The fraction of sp³-hybridized carbons (Fsp3) is 0.519. The van der Waals surface area contributed by atoms with E-state index in [1.165, 1.54) is 20.3 Å². The van der Waals surface area contributed by atoms with Crippen molar-refractivity contribution in [2.45, 2.75) is 38.9 Å². The molecule has 1 amide bonds. The highest BCUT2D eigenvalue weighted by molar-refractivity contribution is 6.18. The minimum absolute atomic E-state index is 0.0766. The lowest BCUT2D eigenvalue weighted by molar-refractivity contribution is -0.191. The number of methoxy groups -OCH3 is 2. The van der Waals surface area contributed by atoms with E-state index in [4.69, 9.17) is 32.7 Å². The molecule has 2 unspecified atom stereocenters. The molecule has 1 aromatic carbocycles. The minimum atomic E-state index is -1.65. The lowest BCUT2D eigenvalue weighted by Gasteiger charge is -2.48. The fourth-order valence-corrected chi connectivity index (χ4v) is 5.25. The van der Waals surface area contributed by atoms with Crippen LogP contribution in [0.5, 0.6) is 0 Å². The van der Waals surface area contributed by atoms with E-state index in [1.54, 1.807) is 31.7 Å². The predicted molar refractivity (Wildman–Crippen MR) is 145 cm³/mol. The van der Waals surface area contributed by atoms with Gasteiger partial charge in [-0.3, -0.25) is 14.4 Å². The summed E-state index contributed by atoms with van der Waals surface area (Å²) >= 11 is 11.9. The molecule has 0 bridgehead atoms. The first-order chi connectivity index (χ1) is 17.0. The Labute approximate surface area is 224 Å². The van der Waals surface area contributed by atoms with E-state index in [9.17, 15) is 14.4 Å². The summed E-state index contributed by atoms with van der Waals surface area (Å²) in [5, 5.41) is 0. The number of carbonyl (C=O) groups excluding carboxylic acids is 3. The van der Waals surface area contributed by atoms with Crippen molar-refractivity contribution >= 4 is 52.1 Å². The quantitative estimate of drug-likeness (QED) is 0.273. The summed E-state index contributed by atoms with van der Waals surface area (Å²) in [5.41, 5.74) is -0.817. The molecule has 0 radical (unpaired) electrons. The van der Waals surface area contributed by atoms with E-state index < -0.39 is 22.9 Å². The largest absolute Gasteiger partial charge is 0.370 e. The zero-order chi connectivity index (χ0) is 27.1.